The Morgan fingerprint density at radius 2 is 1.94 bits per heavy atom. The fourth-order valence-corrected chi connectivity index (χ4v) is 2.85. The van der Waals surface area contributed by atoms with Gasteiger partial charge in [-0.05, 0) is 24.0 Å². The highest BCUT2D eigenvalue weighted by molar-refractivity contribution is 7.19. The molecule has 1 aliphatic rings. The quantitative estimate of drug-likeness (QED) is 0.834. The molecular weight excluding hydrogens is 218 g/mol. The van der Waals surface area contributed by atoms with Crippen molar-refractivity contribution in [2.45, 2.75) is 18.9 Å². The molecule has 1 heterocycles. The second-order valence-corrected chi connectivity index (χ2v) is 5.15. The number of nitrogens with one attached hydrogen (secondary N) is 1. The average molecular weight is 231 g/mol. The topological polar surface area (TPSA) is 50.9 Å². The lowest BCUT2D eigenvalue weighted by Gasteiger charge is -2.09. The molecule has 3 N–H and O–H groups in total. The summed E-state index contributed by atoms with van der Waals surface area (Å²) in [6.07, 6.45) is 3.86. The third-order valence-corrected chi connectivity index (χ3v) is 3.66. The maximum atomic E-state index is 5.65. The first-order valence-corrected chi connectivity index (χ1v) is 6.17. The number of hydrogen-bond acceptors (Lipinski definition) is 4. The van der Waals surface area contributed by atoms with Crippen molar-refractivity contribution in [3.05, 3.63) is 41.6 Å². The summed E-state index contributed by atoms with van der Waals surface area (Å²) < 4.78 is 0. The van der Waals surface area contributed by atoms with Crippen LogP contribution in [0, 0.1) is 0 Å². The zero-order valence-corrected chi connectivity index (χ0v) is 9.63. The van der Waals surface area contributed by atoms with Crippen molar-refractivity contribution >= 4 is 21.5 Å². The fourth-order valence-electron chi connectivity index (χ4n) is 2.19. The number of aromatic nitrogens is 1. The summed E-state index contributed by atoms with van der Waals surface area (Å²) in [6.45, 7) is 0. The monoisotopic (exact) mass is 231 g/mol. The van der Waals surface area contributed by atoms with Crippen molar-refractivity contribution in [3.8, 4) is 0 Å². The van der Waals surface area contributed by atoms with Crippen LogP contribution < -0.4 is 11.1 Å². The van der Waals surface area contributed by atoms with Gasteiger partial charge in [-0.25, -0.2) is 4.98 Å². The molecule has 0 fully saturated rings. The summed E-state index contributed by atoms with van der Waals surface area (Å²) in [4.78, 5) is 4.22. The van der Waals surface area contributed by atoms with E-state index < -0.39 is 0 Å². The lowest BCUT2D eigenvalue weighted by molar-refractivity contribution is 0.773. The molecule has 1 aromatic carbocycles. The fraction of sp³-hybridized carbons (Fsp3) is 0.250. The van der Waals surface area contributed by atoms with Crippen molar-refractivity contribution in [1.29, 1.82) is 0 Å². The van der Waals surface area contributed by atoms with Crippen LogP contribution >= 0.6 is 11.3 Å². The molecule has 0 aliphatic heterocycles. The average Bonchev–Trinajstić information content (AvgIpc) is 2.84. The van der Waals surface area contributed by atoms with E-state index in [0.29, 0.717) is 6.04 Å². The summed E-state index contributed by atoms with van der Waals surface area (Å²) in [7, 11) is 0. The third kappa shape index (κ3) is 1.76. The van der Waals surface area contributed by atoms with Crippen LogP contribution in [0.25, 0.3) is 0 Å². The molecular formula is C12H13N3S. The van der Waals surface area contributed by atoms with Crippen LogP contribution in [0.4, 0.5) is 10.1 Å². The van der Waals surface area contributed by atoms with Crippen LogP contribution in [0.1, 0.15) is 11.1 Å². The van der Waals surface area contributed by atoms with Crippen molar-refractivity contribution in [2.24, 2.45) is 0 Å². The van der Waals surface area contributed by atoms with Crippen LogP contribution in [-0.4, -0.2) is 11.0 Å². The molecule has 1 aliphatic carbocycles. The van der Waals surface area contributed by atoms with E-state index in [9.17, 15) is 0 Å². The molecule has 0 spiro atoms. The molecule has 0 radical (unpaired) electrons. The van der Waals surface area contributed by atoms with Gasteiger partial charge in [0.2, 0.25) is 0 Å². The number of nitrogens with two attached hydrogens (primary N) is 1. The van der Waals surface area contributed by atoms with E-state index >= 15 is 0 Å². The predicted molar refractivity (Wildman–Crippen MR) is 67.8 cm³/mol. The van der Waals surface area contributed by atoms with Gasteiger partial charge in [0.1, 0.15) is 5.00 Å². The van der Waals surface area contributed by atoms with Gasteiger partial charge in [-0.3, -0.25) is 0 Å². The summed E-state index contributed by atoms with van der Waals surface area (Å²) in [5.74, 6) is 0. The standard InChI is InChI=1S/C12H13N3S/c13-11-7-14-12(16-11)15-10-5-8-3-1-2-4-9(8)6-10/h1-4,7,10H,5-6,13H2,(H,14,15). The predicted octanol–water partition coefficient (Wildman–Crippen LogP) is 2.30. The molecule has 16 heavy (non-hydrogen) atoms. The highest BCUT2D eigenvalue weighted by Crippen LogP contribution is 2.26. The molecule has 82 valence electrons. The number of rotatable bonds is 2. The van der Waals surface area contributed by atoms with Gasteiger partial charge in [0.25, 0.3) is 0 Å². The van der Waals surface area contributed by atoms with E-state index in [2.05, 4.69) is 34.6 Å². The lowest BCUT2D eigenvalue weighted by Crippen LogP contribution is -2.19. The number of nitrogens with zero attached hydrogens (tertiary/aromatic N) is 1. The number of anilines is 2. The van der Waals surface area contributed by atoms with Crippen LogP contribution in [0.3, 0.4) is 0 Å². The first kappa shape index (κ1) is 9.66. The van der Waals surface area contributed by atoms with Crippen molar-refractivity contribution in [1.82, 2.24) is 4.98 Å². The van der Waals surface area contributed by atoms with Gasteiger partial charge < -0.3 is 11.1 Å². The zero-order valence-electron chi connectivity index (χ0n) is 8.81. The minimum absolute atomic E-state index is 0.461. The number of hydrogen-bond donors (Lipinski definition) is 2. The normalized spacial score (nSPS) is 15.0. The first-order valence-electron chi connectivity index (χ1n) is 5.36. The summed E-state index contributed by atoms with van der Waals surface area (Å²) in [5, 5.41) is 5.12. The minimum atomic E-state index is 0.461. The molecule has 4 heteroatoms. The van der Waals surface area contributed by atoms with Crippen molar-refractivity contribution in [3.63, 3.8) is 0 Å². The smallest absolute Gasteiger partial charge is 0.184 e. The maximum Gasteiger partial charge on any atom is 0.184 e. The molecule has 0 saturated heterocycles. The van der Waals surface area contributed by atoms with Crippen LogP contribution in [0.2, 0.25) is 0 Å². The Bertz CT molecular complexity index is 481. The molecule has 2 aromatic rings. The van der Waals surface area contributed by atoms with Crippen LogP contribution in [0.5, 0.6) is 0 Å². The molecule has 0 amide bonds. The Morgan fingerprint density at radius 3 is 2.50 bits per heavy atom. The third-order valence-electron chi connectivity index (χ3n) is 2.90. The van der Waals surface area contributed by atoms with Gasteiger partial charge in [-0.15, -0.1) is 0 Å². The Labute approximate surface area is 98.3 Å². The molecule has 0 saturated carbocycles. The molecule has 0 unspecified atom stereocenters. The molecule has 3 nitrogen and oxygen atoms in total. The number of benzene rings is 1. The van der Waals surface area contributed by atoms with Crippen molar-refractivity contribution in [2.75, 3.05) is 11.1 Å². The Hall–Kier alpha value is -1.55. The minimum Gasteiger partial charge on any atom is -0.389 e. The highest BCUT2D eigenvalue weighted by Gasteiger charge is 2.21. The highest BCUT2D eigenvalue weighted by atomic mass is 32.1. The number of nitrogen functional groups attached to an aromatic ring is 1. The molecule has 3 rings (SSSR count). The van der Waals surface area contributed by atoms with Gasteiger partial charge in [-0.1, -0.05) is 35.6 Å². The van der Waals surface area contributed by atoms with Gasteiger partial charge in [0.15, 0.2) is 5.13 Å². The van der Waals surface area contributed by atoms with E-state index in [1.54, 1.807) is 6.20 Å². The first-order chi connectivity index (χ1) is 7.81. The SMILES string of the molecule is Nc1cnc(NC2Cc3ccccc3C2)s1. The molecule has 0 bridgehead atoms. The number of fused-ring (bicyclic) bond motifs is 1. The summed E-state index contributed by atoms with van der Waals surface area (Å²) in [5.41, 5.74) is 8.55. The number of thiazole rings is 1. The van der Waals surface area contributed by atoms with Gasteiger partial charge in [0, 0.05) is 6.04 Å². The summed E-state index contributed by atoms with van der Waals surface area (Å²) in [6, 6.07) is 9.06. The van der Waals surface area contributed by atoms with Gasteiger partial charge >= 0.3 is 0 Å². The largest absolute Gasteiger partial charge is 0.389 e. The maximum absolute atomic E-state index is 5.65. The second-order valence-electron chi connectivity index (χ2n) is 4.09. The Balaban J connectivity index is 1.72. The van der Waals surface area contributed by atoms with E-state index in [4.69, 9.17) is 5.73 Å². The molecule has 0 atom stereocenters. The van der Waals surface area contributed by atoms with Crippen LogP contribution in [-0.2, 0) is 12.8 Å². The van der Waals surface area contributed by atoms with Gasteiger partial charge in [-0.2, -0.15) is 0 Å². The summed E-state index contributed by atoms with van der Waals surface area (Å²) >= 11 is 1.51. The van der Waals surface area contributed by atoms with Crippen LogP contribution in [0.15, 0.2) is 30.5 Å². The Kier molecular flexibility index (Phi) is 2.29. The van der Waals surface area contributed by atoms with E-state index in [1.165, 1.54) is 22.5 Å². The molecule has 1 aromatic heterocycles. The Morgan fingerprint density at radius 1 is 1.25 bits per heavy atom. The van der Waals surface area contributed by atoms with Crippen molar-refractivity contribution < 1.29 is 0 Å². The second kappa shape index (κ2) is 3.79. The van der Waals surface area contributed by atoms with Gasteiger partial charge in [0.05, 0.1) is 6.20 Å². The van der Waals surface area contributed by atoms with E-state index in [-0.39, 0.29) is 0 Å². The van der Waals surface area contributed by atoms with E-state index in [1.807, 2.05) is 0 Å². The zero-order chi connectivity index (χ0) is 11.0. The lowest BCUT2D eigenvalue weighted by atomic mass is 10.1. The van der Waals surface area contributed by atoms with E-state index in [0.717, 1.165) is 23.0 Å².